The van der Waals surface area contributed by atoms with E-state index in [1.807, 2.05) is 0 Å². The summed E-state index contributed by atoms with van der Waals surface area (Å²) in [5.41, 5.74) is 0. The number of sulfonamides is 1. The molecule has 2 fully saturated rings. The summed E-state index contributed by atoms with van der Waals surface area (Å²) in [6, 6.07) is 0. The van der Waals surface area contributed by atoms with Crippen molar-refractivity contribution >= 4 is 10.0 Å². The van der Waals surface area contributed by atoms with Crippen LogP contribution in [-0.2, 0) is 10.0 Å². The first-order valence-corrected chi connectivity index (χ1v) is 8.92. The number of hydrogen-bond donors (Lipinski definition) is 2. The van der Waals surface area contributed by atoms with E-state index in [-0.39, 0.29) is 5.25 Å². The van der Waals surface area contributed by atoms with Crippen LogP contribution < -0.4 is 10.0 Å². The van der Waals surface area contributed by atoms with Gasteiger partial charge in [-0.25, -0.2) is 13.1 Å². The van der Waals surface area contributed by atoms with E-state index in [9.17, 15) is 8.42 Å². The van der Waals surface area contributed by atoms with Crippen molar-refractivity contribution in [3.05, 3.63) is 0 Å². The third kappa shape index (κ3) is 4.21. The number of piperidine rings is 1. The largest absolute Gasteiger partial charge is 0.315 e. The molecule has 106 valence electrons. The summed E-state index contributed by atoms with van der Waals surface area (Å²) < 4.78 is 26.8. The normalized spacial score (nSPS) is 26.6. The Morgan fingerprint density at radius 2 is 1.89 bits per heavy atom. The maximum Gasteiger partial charge on any atom is 0.215 e. The Kier molecular flexibility index (Phi) is 5.45. The lowest BCUT2D eigenvalue weighted by Crippen LogP contribution is -2.44. The molecule has 2 rings (SSSR count). The predicted molar refractivity (Wildman–Crippen MR) is 74.0 cm³/mol. The van der Waals surface area contributed by atoms with E-state index in [0.717, 1.165) is 31.7 Å². The molecule has 2 N–H and O–H groups in total. The summed E-state index contributed by atoms with van der Waals surface area (Å²) in [5, 5.41) is 2.93. The van der Waals surface area contributed by atoms with Gasteiger partial charge in [0.1, 0.15) is 0 Å². The van der Waals surface area contributed by atoms with Crippen molar-refractivity contribution in [2.45, 2.75) is 56.6 Å². The highest BCUT2D eigenvalue weighted by Gasteiger charge is 2.26. The lowest BCUT2D eigenvalue weighted by Gasteiger charge is -2.23. The molecule has 1 saturated heterocycles. The van der Waals surface area contributed by atoms with Crippen LogP contribution in [0.3, 0.4) is 0 Å². The molecule has 0 radical (unpaired) electrons. The Balaban J connectivity index is 1.64. The number of rotatable bonds is 6. The highest BCUT2D eigenvalue weighted by atomic mass is 32.2. The zero-order valence-corrected chi connectivity index (χ0v) is 12.0. The van der Waals surface area contributed by atoms with E-state index in [2.05, 4.69) is 10.0 Å². The zero-order chi connectivity index (χ0) is 12.8. The Bertz CT molecular complexity index is 331. The van der Waals surface area contributed by atoms with Crippen molar-refractivity contribution in [2.75, 3.05) is 19.6 Å². The van der Waals surface area contributed by atoms with Gasteiger partial charge in [-0.05, 0) is 38.1 Å². The fourth-order valence-corrected chi connectivity index (χ4v) is 4.59. The van der Waals surface area contributed by atoms with Gasteiger partial charge in [-0.1, -0.05) is 25.7 Å². The fraction of sp³-hybridized carbons (Fsp3) is 1.00. The van der Waals surface area contributed by atoms with E-state index < -0.39 is 10.0 Å². The second-order valence-electron chi connectivity index (χ2n) is 5.70. The first-order chi connectivity index (χ1) is 8.68. The van der Waals surface area contributed by atoms with E-state index in [1.54, 1.807) is 0 Å². The second-order valence-corrected chi connectivity index (χ2v) is 7.75. The van der Waals surface area contributed by atoms with Crippen molar-refractivity contribution < 1.29 is 8.42 Å². The van der Waals surface area contributed by atoms with E-state index in [4.69, 9.17) is 0 Å². The highest BCUT2D eigenvalue weighted by Crippen LogP contribution is 2.28. The third-order valence-electron chi connectivity index (χ3n) is 4.26. The molecule has 0 spiro atoms. The first kappa shape index (κ1) is 14.3. The lowest BCUT2D eigenvalue weighted by atomic mass is 10.0. The Morgan fingerprint density at radius 1 is 1.11 bits per heavy atom. The predicted octanol–water partition coefficient (Wildman–Crippen LogP) is 1.63. The van der Waals surface area contributed by atoms with Crippen LogP contribution in [0, 0.1) is 5.92 Å². The van der Waals surface area contributed by atoms with E-state index in [1.165, 1.54) is 32.1 Å². The minimum absolute atomic E-state index is 0.224. The summed E-state index contributed by atoms with van der Waals surface area (Å²) in [4.78, 5) is 0. The van der Waals surface area contributed by atoms with Crippen molar-refractivity contribution in [1.82, 2.24) is 10.0 Å². The zero-order valence-electron chi connectivity index (χ0n) is 11.2. The summed E-state index contributed by atoms with van der Waals surface area (Å²) >= 11 is 0. The smallest absolute Gasteiger partial charge is 0.215 e. The van der Waals surface area contributed by atoms with Crippen molar-refractivity contribution in [3.8, 4) is 0 Å². The average molecular weight is 274 g/mol. The number of nitrogens with one attached hydrogen (secondary N) is 2. The summed E-state index contributed by atoms with van der Waals surface area (Å²) in [6.07, 6.45) is 9.36. The summed E-state index contributed by atoms with van der Waals surface area (Å²) in [7, 11) is -3.09. The Hall–Kier alpha value is -0.130. The SMILES string of the molecule is O=S(=O)(NCCCC1CCCC1)C1CCCNC1. The van der Waals surface area contributed by atoms with Crippen molar-refractivity contribution in [3.63, 3.8) is 0 Å². The molecule has 2 aliphatic rings. The molecule has 1 saturated carbocycles. The van der Waals surface area contributed by atoms with Crippen LogP contribution in [0.15, 0.2) is 0 Å². The quantitative estimate of drug-likeness (QED) is 0.724. The van der Waals surface area contributed by atoms with Crippen LogP contribution in [0.25, 0.3) is 0 Å². The molecule has 0 aromatic carbocycles. The monoisotopic (exact) mass is 274 g/mol. The second kappa shape index (κ2) is 6.87. The molecule has 1 heterocycles. The average Bonchev–Trinajstić information content (AvgIpc) is 2.89. The molecule has 1 aliphatic carbocycles. The van der Waals surface area contributed by atoms with Gasteiger partial charge in [-0.15, -0.1) is 0 Å². The fourth-order valence-electron chi connectivity index (χ4n) is 3.11. The van der Waals surface area contributed by atoms with Gasteiger partial charge >= 0.3 is 0 Å². The maximum atomic E-state index is 12.0. The molecular formula is C13H26N2O2S. The van der Waals surface area contributed by atoms with Crippen LogP contribution in [0.5, 0.6) is 0 Å². The Morgan fingerprint density at radius 3 is 2.56 bits per heavy atom. The number of hydrogen-bond acceptors (Lipinski definition) is 3. The van der Waals surface area contributed by atoms with Crippen LogP contribution in [0.4, 0.5) is 0 Å². The summed E-state index contributed by atoms with van der Waals surface area (Å²) in [5.74, 6) is 0.853. The summed E-state index contributed by atoms with van der Waals surface area (Å²) in [6.45, 7) is 2.18. The molecular weight excluding hydrogens is 248 g/mol. The molecule has 0 aromatic heterocycles. The highest BCUT2D eigenvalue weighted by molar-refractivity contribution is 7.90. The Labute approximate surface area is 111 Å². The first-order valence-electron chi connectivity index (χ1n) is 7.38. The van der Waals surface area contributed by atoms with Crippen LogP contribution in [0.2, 0.25) is 0 Å². The minimum atomic E-state index is -3.09. The van der Waals surface area contributed by atoms with Gasteiger partial charge in [0, 0.05) is 13.1 Å². The molecule has 18 heavy (non-hydrogen) atoms. The van der Waals surface area contributed by atoms with Gasteiger partial charge in [0.05, 0.1) is 5.25 Å². The van der Waals surface area contributed by atoms with Crippen molar-refractivity contribution in [2.24, 2.45) is 5.92 Å². The van der Waals surface area contributed by atoms with E-state index in [0.29, 0.717) is 13.1 Å². The van der Waals surface area contributed by atoms with Gasteiger partial charge in [-0.2, -0.15) is 0 Å². The lowest BCUT2D eigenvalue weighted by molar-refractivity contribution is 0.471. The molecule has 1 unspecified atom stereocenters. The van der Waals surface area contributed by atoms with Crippen molar-refractivity contribution in [1.29, 1.82) is 0 Å². The van der Waals surface area contributed by atoms with E-state index >= 15 is 0 Å². The van der Waals surface area contributed by atoms with Gasteiger partial charge < -0.3 is 5.32 Å². The van der Waals surface area contributed by atoms with Gasteiger partial charge in [0.2, 0.25) is 10.0 Å². The van der Waals surface area contributed by atoms with Gasteiger partial charge in [0.25, 0.3) is 0 Å². The third-order valence-corrected chi connectivity index (χ3v) is 6.14. The topological polar surface area (TPSA) is 58.2 Å². The van der Waals surface area contributed by atoms with Gasteiger partial charge in [-0.3, -0.25) is 0 Å². The molecule has 1 atom stereocenters. The minimum Gasteiger partial charge on any atom is -0.315 e. The van der Waals surface area contributed by atoms with Gasteiger partial charge in [0.15, 0.2) is 0 Å². The molecule has 0 amide bonds. The molecule has 1 aliphatic heterocycles. The molecule has 4 nitrogen and oxygen atoms in total. The maximum absolute atomic E-state index is 12.0. The van der Waals surface area contributed by atoms with Crippen LogP contribution in [-0.4, -0.2) is 33.3 Å². The van der Waals surface area contributed by atoms with Crippen LogP contribution in [0.1, 0.15) is 51.4 Å². The molecule has 5 heteroatoms. The van der Waals surface area contributed by atoms with Crippen LogP contribution >= 0.6 is 0 Å². The standard InChI is InChI=1S/C13H26N2O2S/c16-18(17,13-8-4-9-14-11-13)15-10-3-7-12-5-1-2-6-12/h12-15H,1-11H2. The molecule has 0 aromatic rings. The molecule has 0 bridgehead atoms.